The number of rotatable bonds is 5. The van der Waals surface area contributed by atoms with Crippen LogP contribution >= 0.6 is 11.3 Å². The minimum Gasteiger partial charge on any atom is -0.481 e. The molecular formula is C19H24N2O5S. The Labute approximate surface area is 161 Å². The lowest BCUT2D eigenvalue weighted by Gasteiger charge is -2.23. The molecule has 2 saturated heterocycles. The molecule has 0 spiro atoms. The van der Waals surface area contributed by atoms with Gasteiger partial charge in [0.25, 0.3) is 5.91 Å². The maximum Gasteiger partial charge on any atom is 0.310 e. The molecule has 146 valence electrons. The molecule has 2 amide bonds. The van der Waals surface area contributed by atoms with Crippen molar-refractivity contribution in [1.82, 2.24) is 0 Å². The van der Waals surface area contributed by atoms with E-state index in [4.69, 9.17) is 10.5 Å². The zero-order valence-corrected chi connectivity index (χ0v) is 16.0. The van der Waals surface area contributed by atoms with Crippen LogP contribution in [0.3, 0.4) is 0 Å². The smallest absolute Gasteiger partial charge is 0.310 e. The lowest BCUT2D eigenvalue weighted by Crippen LogP contribution is -2.41. The number of carbonyl (C=O) groups is 3. The number of nitrogens with one attached hydrogen (secondary N) is 1. The summed E-state index contributed by atoms with van der Waals surface area (Å²) >= 11 is 1.41. The molecule has 4 N–H and O–H groups in total. The van der Waals surface area contributed by atoms with Crippen molar-refractivity contribution in [2.45, 2.75) is 57.7 Å². The molecular weight excluding hydrogens is 368 g/mol. The highest BCUT2D eigenvalue weighted by atomic mass is 32.1. The normalized spacial score (nSPS) is 31.5. The van der Waals surface area contributed by atoms with Gasteiger partial charge in [0.15, 0.2) is 0 Å². The van der Waals surface area contributed by atoms with Crippen LogP contribution in [0.15, 0.2) is 0 Å². The third-order valence-corrected chi connectivity index (χ3v) is 7.46. The Hall–Kier alpha value is -1.93. The first-order chi connectivity index (χ1) is 12.9. The van der Waals surface area contributed by atoms with Crippen LogP contribution in [-0.4, -0.2) is 35.1 Å². The summed E-state index contributed by atoms with van der Waals surface area (Å²) in [4.78, 5) is 37.7. The fraction of sp³-hybridized carbons (Fsp3) is 0.632. The summed E-state index contributed by atoms with van der Waals surface area (Å²) in [6, 6.07) is 0. The zero-order valence-electron chi connectivity index (χ0n) is 15.2. The monoisotopic (exact) mass is 392 g/mol. The van der Waals surface area contributed by atoms with Crippen LogP contribution in [0.4, 0.5) is 5.00 Å². The van der Waals surface area contributed by atoms with E-state index in [1.807, 2.05) is 0 Å². The van der Waals surface area contributed by atoms with Crippen molar-refractivity contribution in [2.75, 3.05) is 5.32 Å². The van der Waals surface area contributed by atoms with E-state index in [9.17, 15) is 19.5 Å². The van der Waals surface area contributed by atoms with Crippen molar-refractivity contribution in [1.29, 1.82) is 0 Å². The van der Waals surface area contributed by atoms with E-state index in [0.717, 1.165) is 36.1 Å². The molecule has 1 aromatic rings. The molecule has 7 nitrogen and oxygen atoms in total. The number of ether oxygens (including phenoxy) is 1. The molecule has 3 heterocycles. The van der Waals surface area contributed by atoms with E-state index in [2.05, 4.69) is 12.2 Å². The first kappa shape index (κ1) is 18.4. The van der Waals surface area contributed by atoms with E-state index < -0.39 is 29.8 Å². The molecule has 0 aromatic carbocycles. The van der Waals surface area contributed by atoms with E-state index >= 15 is 0 Å². The second kappa shape index (κ2) is 6.91. The summed E-state index contributed by atoms with van der Waals surface area (Å²) in [5.41, 5.74) is 6.96. The SMILES string of the molecule is CC[C@@H]1CCc2c(sc(NC(=O)[C@@H]3[C@H](C(=O)O)[C@H]4CC[C@H]3O4)c2C(N)=O)C1. The van der Waals surface area contributed by atoms with E-state index in [1.165, 1.54) is 11.3 Å². The average Bonchev–Trinajstić information content (AvgIpc) is 3.32. The highest BCUT2D eigenvalue weighted by Crippen LogP contribution is 2.45. The third-order valence-electron chi connectivity index (χ3n) is 6.29. The average molecular weight is 392 g/mol. The largest absolute Gasteiger partial charge is 0.481 e. The molecule has 0 saturated carbocycles. The van der Waals surface area contributed by atoms with Crippen LogP contribution < -0.4 is 11.1 Å². The Kier molecular flexibility index (Phi) is 4.71. The number of carbonyl (C=O) groups excluding carboxylic acids is 2. The molecule has 2 bridgehead atoms. The fourth-order valence-electron chi connectivity index (χ4n) is 4.87. The summed E-state index contributed by atoms with van der Waals surface area (Å²) in [5, 5.41) is 12.8. The molecule has 8 heteroatoms. The van der Waals surface area contributed by atoms with Gasteiger partial charge in [-0.2, -0.15) is 0 Å². The maximum absolute atomic E-state index is 12.9. The maximum atomic E-state index is 12.9. The first-order valence-electron chi connectivity index (χ1n) is 9.54. The number of hydrogen-bond donors (Lipinski definition) is 3. The van der Waals surface area contributed by atoms with Gasteiger partial charge < -0.3 is 20.9 Å². The minimum absolute atomic E-state index is 0.368. The number of nitrogens with two attached hydrogens (primary N) is 1. The van der Waals surface area contributed by atoms with Gasteiger partial charge in [0.05, 0.1) is 29.6 Å². The Morgan fingerprint density at radius 2 is 1.93 bits per heavy atom. The minimum atomic E-state index is -1.01. The molecule has 5 atom stereocenters. The highest BCUT2D eigenvalue weighted by molar-refractivity contribution is 7.17. The number of hydrogen-bond acceptors (Lipinski definition) is 5. The molecule has 2 aliphatic heterocycles. The molecule has 27 heavy (non-hydrogen) atoms. The number of primary amides is 1. The topological polar surface area (TPSA) is 119 Å². The van der Waals surface area contributed by atoms with Crippen LogP contribution in [0.25, 0.3) is 0 Å². The van der Waals surface area contributed by atoms with Crippen molar-refractivity contribution in [3.05, 3.63) is 16.0 Å². The van der Waals surface area contributed by atoms with Gasteiger partial charge in [-0.3, -0.25) is 14.4 Å². The van der Waals surface area contributed by atoms with Gasteiger partial charge in [-0.05, 0) is 43.6 Å². The predicted octanol–water partition coefficient (Wildman–Crippen LogP) is 2.18. The molecule has 1 aliphatic carbocycles. The van der Waals surface area contributed by atoms with Crippen LogP contribution in [0.2, 0.25) is 0 Å². The van der Waals surface area contributed by atoms with Gasteiger partial charge in [0.1, 0.15) is 5.00 Å². The van der Waals surface area contributed by atoms with Crippen molar-refractivity contribution >= 4 is 34.1 Å². The standard InChI is InChI=1S/C19H24N2O5S/c1-2-8-3-4-9-12(7-8)27-18(13(9)16(20)22)21-17(23)14-10-5-6-11(26-10)15(14)19(24)25/h8,10-11,14-15H,2-7H2,1H3,(H2,20,22)(H,21,23)(H,24,25)/t8-,10-,11-,14+,15-/m1/s1. The van der Waals surface area contributed by atoms with Crippen LogP contribution in [-0.2, 0) is 27.2 Å². The molecule has 4 rings (SSSR count). The quantitative estimate of drug-likeness (QED) is 0.710. The summed E-state index contributed by atoms with van der Waals surface area (Å²) in [6.45, 7) is 2.15. The summed E-state index contributed by atoms with van der Waals surface area (Å²) in [7, 11) is 0. The van der Waals surface area contributed by atoms with Crippen molar-refractivity contribution in [2.24, 2.45) is 23.5 Å². The van der Waals surface area contributed by atoms with E-state index in [0.29, 0.717) is 29.3 Å². The Morgan fingerprint density at radius 1 is 1.22 bits per heavy atom. The predicted molar refractivity (Wildman–Crippen MR) is 99.8 cm³/mol. The van der Waals surface area contributed by atoms with Crippen LogP contribution in [0, 0.1) is 17.8 Å². The first-order valence-corrected chi connectivity index (χ1v) is 10.4. The summed E-state index contributed by atoms with van der Waals surface area (Å²) in [6.07, 6.45) is 4.35. The van der Waals surface area contributed by atoms with Crippen LogP contribution in [0.1, 0.15) is 53.4 Å². The molecule has 1 aromatic heterocycles. The summed E-state index contributed by atoms with van der Waals surface area (Å²) in [5.74, 6) is -2.92. The van der Waals surface area contributed by atoms with E-state index in [-0.39, 0.29) is 12.0 Å². The zero-order chi connectivity index (χ0) is 19.3. The van der Waals surface area contributed by atoms with E-state index in [1.54, 1.807) is 0 Å². The van der Waals surface area contributed by atoms with Gasteiger partial charge in [0, 0.05) is 4.88 Å². The Balaban J connectivity index is 1.61. The second-order valence-electron chi connectivity index (χ2n) is 7.76. The number of carboxylic acids is 1. The fourth-order valence-corrected chi connectivity index (χ4v) is 6.24. The van der Waals surface area contributed by atoms with Gasteiger partial charge >= 0.3 is 5.97 Å². The number of thiophene rings is 1. The molecule has 0 unspecified atom stereocenters. The highest BCUT2D eigenvalue weighted by Gasteiger charge is 2.55. The third kappa shape index (κ3) is 3.04. The number of fused-ring (bicyclic) bond motifs is 3. The van der Waals surface area contributed by atoms with Gasteiger partial charge in [-0.1, -0.05) is 13.3 Å². The van der Waals surface area contributed by atoms with Crippen molar-refractivity contribution in [3.8, 4) is 0 Å². The molecule has 0 radical (unpaired) electrons. The van der Waals surface area contributed by atoms with Gasteiger partial charge in [-0.25, -0.2) is 0 Å². The van der Waals surface area contributed by atoms with Gasteiger partial charge in [0.2, 0.25) is 5.91 Å². The number of aliphatic carboxylic acids is 1. The number of anilines is 1. The van der Waals surface area contributed by atoms with Gasteiger partial charge in [-0.15, -0.1) is 11.3 Å². The summed E-state index contributed by atoms with van der Waals surface area (Å²) < 4.78 is 5.68. The lowest BCUT2D eigenvalue weighted by molar-refractivity contribution is -0.147. The Bertz CT molecular complexity index is 804. The number of amides is 2. The Morgan fingerprint density at radius 3 is 2.56 bits per heavy atom. The van der Waals surface area contributed by atoms with Crippen molar-refractivity contribution in [3.63, 3.8) is 0 Å². The molecule has 3 aliphatic rings. The lowest BCUT2D eigenvalue weighted by atomic mass is 9.78. The molecule has 2 fully saturated rings. The number of carboxylic acid groups (broad SMARTS) is 1. The second-order valence-corrected chi connectivity index (χ2v) is 8.86. The van der Waals surface area contributed by atoms with Crippen molar-refractivity contribution < 1.29 is 24.2 Å². The van der Waals surface area contributed by atoms with Crippen LogP contribution in [0.5, 0.6) is 0 Å².